The number of hydrazine groups is 1. The number of hydrogen-bond donors (Lipinski definition) is 2. The van der Waals surface area contributed by atoms with Crippen molar-refractivity contribution < 1.29 is 18.1 Å². The second kappa shape index (κ2) is 5.95. The summed E-state index contributed by atoms with van der Waals surface area (Å²) in [6.45, 7) is 0. The van der Waals surface area contributed by atoms with E-state index in [2.05, 4.69) is 5.43 Å². The number of aryl methyl sites for hydroxylation is 1. The van der Waals surface area contributed by atoms with Crippen LogP contribution in [0.3, 0.4) is 0 Å². The fourth-order valence-corrected chi connectivity index (χ4v) is 2.52. The van der Waals surface area contributed by atoms with Crippen molar-refractivity contribution in [2.75, 3.05) is 0 Å². The van der Waals surface area contributed by atoms with Crippen LogP contribution >= 0.6 is 0 Å². The number of nitrogens with one attached hydrogen (secondary N) is 2. The zero-order valence-electron chi connectivity index (χ0n) is 11.4. The van der Waals surface area contributed by atoms with Crippen LogP contribution in [-0.2, 0) is 17.1 Å². The smallest absolute Gasteiger partial charge is 0.282 e. The van der Waals surface area contributed by atoms with Crippen molar-refractivity contribution in [3.05, 3.63) is 58.4 Å². The van der Waals surface area contributed by atoms with Gasteiger partial charge in [0.15, 0.2) is 0 Å². The minimum atomic E-state index is -4.02. The Morgan fingerprint density at radius 2 is 1.86 bits per heavy atom. The highest BCUT2D eigenvalue weighted by atomic mass is 32.2. The van der Waals surface area contributed by atoms with Crippen molar-refractivity contribution in [2.24, 2.45) is 7.05 Å². The van der Waals surface area contributed by atoms with Crippen LogP contribution in [0, 0.1) is 10.1 Å². The van der Waals surface area contributed by atoms with Gasteiger partial charge in [0.25, 0.3) is 21.6 Å². The third kappa shape index (κ3) is 3.30. The molecule has 2 N–H and O–H groups in total. The Kier molecular flexibility index (Phi) is 4.24. The predicted molar refractivity (Wildman–Crippen MR) is 76.3 cm³/mol. The molecule has 1 aromatic heterocycles. The van der Waals surface area contributed by atoms with Gasteiger partial charge < -0.3 is 4.57 Å². The van der Waals surface area contributed by atoms with E-state index in [1.807, 2.05) is 4.83 Å². The van der Waals surface area contributed by atoms with Crippen LogP contribution < -0.4 is 10.3 Å². The molecule has 1 amide bonds. The van der Waals surface area contributed by atoms with Crippen LogP contribution in [0.2, 0.25) is 0 Å². The number of nitrogens with zero attached hydrogens (tertiary/aromatic N) is 2. The molecule has 0 atom stereocenters. The van der Waals surface area contributed by atoms with Gasteiger partial charge in [0.05, 0.1) is 9.82 Å². The molecule has 10 heteroatoms. The lowest BCUT2D eigenvalue weighted by atomic mass is 10.3. The molecule has 2 aromatic rings. The summed E-state index contributed by atoms with van der Waals surface area (Å²) in [6, 6.07) is 7.45. The summed E-state index contributed by atoms with van der Waals surface area (Å²) in [7, 11) is -2.38. The van der Waals surface area contributed by atoms with Crippen molar-refractivity contribution in [3.8, 4) is 0 Å². The lowest BCUT2D eigenvalue weighted by molar-refractivity contribution is -0.384. The van der Waals surface area contributed by atoms with E-state index in [-0.39, 0.29) is 16.3 Å². The van der Waals surface area contributed by atoms with E-state index >= 15 is 0 Å². The number of non-ortho nitro benzene ring substituents is 1. The molecule has 9 nitrogen and oxygen atoms in total. The monoisotopic (exact) mass is 324 g/mol. The van der Waals surface area contributed by atoms with Crippen LogP contribution in [-0.4, -0.2) is 23.8 Å². The molecule has 0 unspecified atom stereocenters. The third-order valence-corrected chi connectivity index (χ3v) is 4.10. The number of rotatable bonds is 5. The van der Waals surface area contributed by atoms with Gasteiger partial charge in [0.2, 0.25) is 0 Å². The van der Waals surface area contributed by atoms with E-state index in [0.29, 0.717) is 0 Å². The van der Waals surface area contributed by atoms with E-state index in [9.17, 15) is 23.3 Å². The number of aromatic nitrogens is 1. The van der Waals surface area contributed by atoms with Crippen molar-refractivity contribution in [2.45, 2.75) is 4.90 Å². The summed E-state index contributed by atoms with van der Waals surface area (Å²) in [4.78, 5) is 23.4. The second-order valence-electron chi connectivity index (χ2n) is 4.31. The minimum absolute atomic E-state index is 0.203. The Bertz CT molecular complexity index is 810. The standard InChI is InChI=1S/C12H12N4O5S/c1-15-8-2-3-11(15)12(17)13-14-22(20,21)10-6-4-9(5-7-10)16(18)19/h2-8,14H,1H3,(H,13,17). The van der Waals surface area contributed by atoms with Gasteiger partial charge in [-0.15, -0.1) is 4.83 Å². The number of nitro groups is 1. The van der Waals surface area contributed by atoms with Crippen LogP contribution in [0.25, 0.3) is 0 Å². The molecule has 1 aromatic carbocycles. The van der Waals surface area contributed by atoms with Crippen LogP contribution in [0.1, 0.15) is 10.5 Å². The van der Waals surface area contributed by atoms with Crippen molar-refractivity contribution in [3.63, 3.8) is 0 Å². The van der Waals surface area contributed by atoms with Crippen LogP contribution in [0.15, 0.2) is 47.5 Å². The van der Waals surface area contributed by atoms with Crippen molar-refractivity contribution >= 4 is 21.6 Å². The Labute approximate surface area is 125 Å². The largest absolute Gasteiger partial charge is 0.347 e. The first kappa shape index (κ1) is 15.7. The molecule has 0 aliphatic carbocycles. The third-order valence-electron chi connectivity index (χ3n) is 2.83. The summed E-state index contributed by atoms with van der Waals surface area (Å²) >= 11 is 0. The van der Waals surface area contributed by atoms with Gasteiger partial charge in [-0.2, -0.15) is 0 Å². The molecule has 2 rings (SSSR count). The number of carbonyl (C=O) groups excluding carboxylic acids is 1. The van der Waals surface area contributed by atoms with Gasteiger partial charge in [-0.3, -0.25) is 20.3 Å². The number of carbonyl (C=O) groups is 1. The summed E-state index contributed by atoms with van der Waals surface area (Å²) in [5.41, 5.74) is 2.11. The van der Waals surface area contributed by atoms with E-state index in [1.165, 1.54) is 10.6 Å². The number of amides is 1. The van der Waals surface area contributed by atoms with Gasteiger partial charge in [0, 0.05) is 25.4 Å². The molecule has 0 aliphatic rings. The van der Waals surface area contributed by atoms with Crippen molar-refractivity contribution in [1.29, 1.82) is 0 Å². The fourth-order valence-electron chi connectivity index (χ4n) is 1.68. The highest BCUT2D eigenvalue weighted by molar-refractivity contribution is 7.89. The van der Waals surface area contributed by atoms with E-state index in [0.717, 1.165) is 24.3 Å². The molecule has 0 bridgehead atoms. The zero-order chi connectivity index (χ0) is 16.3. The highest BCUT2D eigenvalue weighted by Gasteiger charge is 2.17. The quantitative estimate of drug-likeness (QED) is 0.614. The lowest BCUT2D eigenvalue weighted by Crippen LogP contribution is -2.42. The first-order chi connectivity index (χ1) is 10.3. The maximum absolute atomic E-state index is 12.0. The maximum atomic E-state index is 12.0. The first-order valence-electron chi connectivity index (χ1n) is 5.99. The second-order valence-corrected chi connectivity index (χ2v) is 6.00. The Hall–Kier alpha value is -2.72. The number of benzene rings is 1. The summed E-state index contributed by atoms with van der Waals surface area (Å²) in [5.74, 6) is -0.627. The molecule has 0 aliphatic heterocycles. The maximum Gasteiger partial charge on any atom is 0.282 e. The molecule has 0 fully saturated rings. The van der Waals surface area contributed by atoms with Gasteiger partial charge in [-0.25, -0.2) is 8.42 Å². The normalized spacial score (nSPS) is 11.1. The van der Waals surface area contributed by atoms with Gasteiger partial charge in [-0.05, 0) is 24.3 Å². The highest BCUT2D eigenvalue weighted by Crippen LogP contribution is 2.15. The SMILES string of the molecule is Cn1cccc1C(=O)NNS(=O)(=O)c1ccc([N+](=O)[O-])cc1. The average Bonchev–Trinajstić information content (AvgIpc) is 2.91. The molecule has 22 heavy (non-hydrogen) atoms. The molecule has 0 radical (unpaired) electrons. The predicted octanol–water partition coefficient (Wildman–Crippen LogP) is 0.557. The molecule has 1 heterocycles. The Morgan fingerprint density at radius 3 is 2.36 bits per heavy atom. The number of sulfonamides is 1. The average molecular weight is 324 g/mol. The number of nitro benzene ring substituents is 1. The first-order valence-corrected chi connectivity index (χ1v) is 7.47. The molecular weight excluding hydrogens is 312 g/mol. The summed E-state index contributed by atoms with van der Waals surface area (Å²) in [6.07, 6.45) is 1.64. The van der Waals surface area contributed by atoms with Crippen molar-refractivity contribution in [1.82, 2.24) is 14.8 Å². The molecule has 0 saturated carbocycles. The van der Waals surface area contributed by atoms with Gasteiger partial charge in [-0.1, -0.05) is 0 Å². The lowest BCUT2D eigenvalue weighted by Gasteiger charge is -2.08. The topological polar surface area (TPSA) is 123 Å². The zero-order valence-corrected chi connectivity index (χ0v) is 12.2. The Balaban J connectivity index is 2.09. The van der Waals surface area contributed by atoms with E-state index in [1.54, 1.807) is 19.3 Å². The fraction of sp³-hybridized carbons (Fsp3) is 0.0833. The molecule has 116 valence electrons. The van der Waals surface area contributed by atoms with E-state index < -0.39 is 20.9 Å². The molecular formula is C12H12N4O5S. The summed E-state index contributed by atoms with van der Waals surface area (Å²) in [5, 5.41) is 10.5. The van der Waals surface area contributed by atoms with Gasteiger partial charge in [0.1, 0.15) is 5.69 Å². The minimum Gasteiger partial charge on any atom is -0.347 e. The summed E-state index contributed by atoms with van der Waals surface area (Å²) < 4.78 is 25.5. The van der Waals surface area contributed by atoms with E-state index in [4.69, 9.17) is 0 Å². The molecule has 0 spiro atoms. The Morgan fingerprint density at radius 1 is 1.23 bits per heavy atom. The molecule has 0 saturated heterocycles. The van der Waals surface area contributed by atoms with Gasteiger partial charge >= 0.3 is 0 Å². The van der Waals surface area contributed by atoms with Crippen LogP contribution in [0.4, 0.5) is 5.69 Å². The number of hydrogen-bond acceptors (Lipinski definition) is 5. The van der Waals surface area contributed by atoms with Crippen LogP contribution in [0.5, 0.6) is 0 Å².